The molecular formula is C24H28F3N7O3S. The number of rotatable bonds is 11. The predicted molar refractivity (Wildman–Crippen MR) is 136 cm³/mol. The van der Waals surface area contributed by atoms with Crippen LogP contribution in [0.25, 0.3) is 0 Å². The van der Waals surface area contributed by atoms with Gasteiger partial charge >= 0.3 is 6.18 Å². The van der Waals surface area contributed by atoms with Gasteiger partial charge in [0.05, 0.1) is 0 Å². The van der Waals surface area contributed by atoms with Gasteiger partial charge in [0.2, 0.25) is 5.91 Å². The molecule has 38 heavy (non-hydrogen) atoms. The van der Waals surface area contributed by atoms with Crippen molar-refractivity contribution in [2.45, 2.75) is 24.3 Å². The Balaban J connectivity index is 1.55. The Kier molecular flexibility index (Phi) is 10.2. The predicted octanol–water partition coefficient (Wildman–Crippen LogP) is 1.93. The van der Waals surface area contributed by atoms with Crippen LogP contribution in [-0.2, 0) is 9.59 Å². The van der Waals surface area contributed by atoms with E-state index in [9.17, 15) is 32.8 Å². The van der Waals surface area contributed by atoms with Gasteiger partial charge in [-0.25, -0.2) is 5.43 Å². The highest BCUT2D eigenvalue weighted by atomic mass is 32.2. The number of hydrogen-bond acceptors (Lipinski definition) is 8. The molecule has 0 aliphatic carbocycles. The molecule has 10 nitrogen and oxygen atoms in total. The summed E-state index contributed by atoms with van der Waals surface area (Å²) in [6.45, 7) is 5.65. The molecule has 0 saturated carbocycles. The molecule has 0 aromatic heterocycles. The summed E-state index contributed by atoms with van der Waals surface area (Å²) in [6.07, 6.45) is -1.05. The fourth-order valence-electron chi connectivity index (χ4n) is 3.85. The van der Waals surface area contributed by atoms with E-state index in [1.807, 2.05) is 5.43 Å². The lowest BCUT2D eigenvalue weighted by Crippen LogP contribution is -2.43. The molecule has 4 N–H and O–H groups in total. The third-order valence-electron chi connectivity index (χ3n) is 5.76. The second-order valence-electron chi connectivity index (χ2n) is 8.48. The monoisotopic (exact) mass is 551 g/mol. The van der Waals surface area contributed by atoms with Gasteiger partial charge in [-0.05, 0) is 50.2 Å². The number of nitriles is 1. The molecule has 3 rings (SSSR count). The molecule has 204 valence electrons. The summed E-state index contributed by atoms with van der Waals surface area (Å²) in [5, 5.41) is 14.6. The molecule has 0 spiro atoms. The first-order valence-electron chi connectivity index (χ1n) is 11.8. The molecule has 1 aromatic carbocycles. The zero-order valence-corrected chi connectivity index (χ0v) is 21.3. The lowest BCUT2D eigenvalue weighted by molar-refractivity contribution is -0.130. The van der Waals surface area contributed by atoms with Crippen molar-refractivity contribution < 1.29 is 27.6 Å². The summed E-state index contributed by atoms with van der Waals surface area (Å²) in [5.74, 6) is -1.74. The van der Waals surface area contributed by atoms with Crippen molar-refractivity contribution in [3.05, 3.63) is 53.2 Å². The number of hydrogen-bond donors (Lipinski definition) is 4. The zero-order chi connectivity index (χ0) is 27.7. The third kappa shape index (κ3) is 7.98. The van der Waals surface area contributed by atoms with Crippen LogP contribution in [0, 0.1) is 11.3 Å². The Morgan fingerprint density at radius 2 is 1.89 bits per heavy atom. The number of likely N-dealkylation sites (tertiary alicyclic amines) is 1. The largest absolute Gasteiger partial charge is 0.402 e. The van der Waals surface area contributed by atoms with Crippen LogP contribution >= 0.6 is 11.8 Å². The van der Waals surface area contributed by atoms with E-state index in [0.717, 1.165) is 42.5 Å². The minimum atomic E-state index is -4.56. The highest BCUT2D eigenvalue weighted by molar-refractivity contribution is 8.04. The van der Waals surface area contributed by atoms with Gasteiger partial charge in [-0.1, -0.05) is 18.3 Å². The summed E-state index contributed by atoms with van der Waals surface area (Å²) in [7, 11) is 0. The van der Waals surface area contributed by atoms with Crippen molar-refractivity contribution in [2.24, 2.45) is 0 Å². The smallest absolute Gasteiger partial charge is 0.383 e. The molecule has 14 heteroatoms. The Morgan fingerprint density at radius 3 is 2.50 bits per heavy atom. The van der Waals surface area contributed by atoms with Crippen molar-refractivity contribution in [2.75, 3.05) is 44.6 Å². The van der Waals surface area contributed by atoms with Crippen LogP contribution in [0.1, 0.15) is 23.2 Å². The average molecular weight is 552 g/mol. The van der Waals surface area contributed by atoms with Crippen molar-refractivity contribution in [1.29, 1.82) is 5.26 Å². The highest BCUT2D eigenvalue weighted by Gasteiger charge is 2.38. The Morgan fingerprint density at radius 1 is 1.21 bits per heavy atom. The van der Waals surface area contributed by atoms with Crippen LogP contribution in [0.5, 0.6) is 0 Å². The maximum Gasteiger partial charge on any atom is 0.402 e. The van der Waals surface area contributed by atoms with Crippen LogP contribution in [0.15, 0.2) is 47.6 Å². The number of hydrazine groups is 1. The standard InChI is InChI=1S/C24H28F3N7O3S/c1-2-34-22(37)19(38-23(34)18(13-28)21(36)32-31-15-24(25,26)27)14-30-17-7-5-16(6-8-17)20(35)29-9-12-33-10-3-4-11-33/h2,5-8,19,30-31H,1,3-4,9-12,14-15H2,(H,29,35)(H,32,36)/b23-18-. The number of carbonyl (C=O) groups excluding carboxylic acids is 3. The van der Waals surface area contributed by atoms with E-state index in [1.165, 1.54) is 12.8 Å². The molecule has 2 aliphatic heterocycles. The lowest BCUT2D eigenvalue weighted by Gasteiger charge is -2.15. The van der Waals surface area contributed by atoms with Gasteiger partial charge < -0.3 is 15.5 Å². The highest BCUT2D eigenvalue weighted by Crippen LogP contribution is 2.37. The topological polar surface area (TPSA) is 130 Å². The summed E-state index contributed by atoms with van der Waals surface area (Å²) in [5.41, 5.74) is 4.14. The number of amides is 3. The lowest BCUT2D eigenvalue weighted by atomic mass is 10.2. The summed E-state index contributed by atoms with van der Waals surface area (Å²) in [6, 6.07) is 8.35. The minimum Gasteiger partial charge on any atom is -0.383 e. The van der Waals surface area contributed by atoms with Crippen molar-refractivity contribution in [1.82, 2.24) is 26.0 Å². The van der Waals surface area contributed by atoms with Crippen molar-refractivity contribution >= 4 is 35.2 Å². The van der Waals surface area contributed by atoms with Crippen molar-refractivity contribution in [3.63, 3.8) is 0 Å². The molecule has 2 fully saturated rings. The fourth-order valence-corrected chi connectivity index (χ4v) is 5.03. The van der Waals surface area contributed by atoms with Gasteiger partial charge in [-0.2, -0.15) is 18.4 Å². The van der Waals surface area contributed by atoms with Gasteiger partial charge in [0, 0.05) is 37.1 Å². The van der Waals surface area contributed by atoms with Crippen LogP contribution in [-0.4, -0.2) is 78.2 Å². The number of anilines is 1. The van der Waals surface area contributed by atoms with Crippen LogP contribution < -0.4 is 21.5 Å². The number of alkyl halides is 3. The van der Waals surface area contributed by atoms with Crippen molar-refractivity contribution in [3.8, 4) is 6.07 Å². The maximum atomic E-state index is 12.8. The molecular weight excluding hydrogens is 523 g/mol. The molecule has 0 radical (unpaired) electrons. The van der Waals surface area contributed by atoms with Crippen LogP contribution in [0.2, 0.25) is 0 Å². The SMILES string of the molecule is C=CN1C(=O)C(CNc2ccc(C(=O)NCCN3CCCC3)cc2)S/C1=C(/C#N)C(=O)NNCC(F)(F)F. The van der Waals surface area contributed by atoms with Crippen LogP contribution in [0.3, 0.4) is 0 Å². The van der Waals surface area contributed by atoms with Gasteiger partial charge in [0.15, 0.2) is 0 Å². The zero-order valence-electron chi connectivity index (χ0n) is 20.4. The minimum absolute atomic E-state index is 0.0356. The van der Waals surface area contributed by atoms with Gasteiger partial charge in [0.25, 0.3) is 11.8 Å². The fraction of sp³-hybridized carbons (Fsp3) is 0.417. The molecule has 0 bridgehead atoms. The number of nitrogens with zero attached hydrogens (tertiary/aromatic N) is 3. The molecule has 2 heterocycles. The number of nitrogens with one attached hydrogen (secondary N) is 4. The van der Waals surface area contributed by atoms with E-state index in [4.69, 9.17) is 0 Å². The van der Waals surface area contributed by atoms with Crippen LogP contribution in [0.4, 0.5) is 18.9 Å². The maximum absolute atomic E-state index is 12.8. The van der Waals surface area contributed by atoms with E-state index < -0.39 is 35.4 Å². The third-order valence-corrected chi connectivity index (χ3v) is 7.04. The van der Waals surface area contributed by atoms with E-state index >= 15 is 0 Å². The van der Waals surface area contributed by atoms with Gasteiger partial charge in [-0.3, -0.25) is 24.7 Å². The normalized spacial score (nSPS) is 19.2. The molecule has 1 unspecified atom stereocenters. The van der Waals surface area contributed by atoms with Gasteiger partial charge in [-0.15, -0.1) is 0 Å². The Hall–Kier alpha value is -3.54. The first-order valence-corrected chi connectivity index (χ1v) is 12.7. The first-order chi connectivity index (χ1) is 18.1. The second kappa shape index (κ2) is 13.3. The molecule has 1 aromatic rings. The second-order valence-corrected chi connectivity index (χ2v) is 9.67. The summed E-state index contributed by atoms with van der Waals surface area (Å²) < 4.78 is 36.9. The Labute approximate surface area is 222 Å². The Bertz CT molecular complexity index is 1110. The summed E-state index contributed by atoms with van der Waals surface area (Å²) in [4.78, 5) is 40.8. The van der Waals surface area contributed by atoms with E-state index in [2.05, 4.69) is 22.1 Å². The van der Waals surface area contributed by atoms with E-state index in [1.54, 1.807) is 35.8 Å². The average Bonchev–Trinajstić information content (AvgIpc) is 3.50. The molecule has 2 aliphatic rings. The number of benzene rings is 1. The molecule has 1 atom stereocenters. The summed E-state index contributed by atoms with van der Waals surface area (Å²) >= 11 is 0.919. The first kappa shape index (κ1) is 29.0. The quantitative estimate of drug-likeness (QED) is 0.187. The van der Waals surface area contributed by atoms with E-state index in [-0.39, 0.29) is 17.5 Å². The molecule has 2 saturated heterocycles. The number of carbonyl (C=O) groups is 3. The number of halogens is 3. The van der Waals surface area contributed by atoms with E-state index in [0.29, 0.717) is 17.8 Å². The molecule has 3 amide bonds. The number of thioether (sulfide) groups is 1. The van der Waals surface area contributed by atoms with Gasteiger partial charge in [0.1, 0.15) is 28.5 Å².